The third-order valence-electron chi connectivity index (χ3n) is 3.69. The zero-order chi connectivity index (χ0) is 14.4. The summed E-state index contributed by atoms with van der Waals surface area (Å²) in [6.45, 7) is 1.62. The van der Waals surface area contributed by atoms with Gasteiger partial charge in [0.15, 0.2) is 5.78 Å². The third-order valence-corrected chi connectivity index (χ3v) is 3.69. The fraction of sp³-hybridized carbons (Fsp3) is 0.500. The molecule has 1 heterocycles. The molecule has 0 atom stereocenters. The number of likely N-dealkylation sites (tertiary alicyclic amines) is 1. The Morgan fingerprint density at radius 1 is 0.950 bits per heavy atom. The number of Topliss-reactive ketones (excluding diaryl/α,β-unsaturated/α-hetero) is 1. The fourth-order valence-corrected chi connectivity index (χ4v) is 2.48. The molecule has 0 aromatic heterocycles. The highest BCUT2D eigenvalue weighted by atomic mass is 19.1. The fourth-order valence-electron chi connectivity index (χ4n) is 2.48. The summed E-state index contributed by atoms with van der Waals surface area (Å²) in [6.07, 6.45) is 4.91. The summed E-state index contributed by atoms with van der Waals surface area (Å²) in [5.41, 5.74) is 0.468. The van der Waals surface area contributed by atoms with Gasteiger partial charge in [0.2, 0.25) is 5.91 Å². The van der Waals surface area contributed by atoms with E-state index in [1.54, 1.807) is 0 Å². The lowest BCUT2D eigenvalue weighted by molar-refractivity contribution is -0.131. The number of amides is 1. The summed E-state index contributed by atoms with van der Waals surface area (Å²) in [7, 11) is 0. The van der Waals surface area contributed by atoms with E-state index in [1.807, 2.05) is 4.90 Å². The number of benzene rings is 1. The van der Waals surface area contributed by atoms with Crippen LogP contribution in [0.25, 0.3) is 0 Å². The van der Waals surface area contributed by atoms with E-state index >= 15 is 0 Å². The van der Waals surface area contributed by atoms with Crippen LogP contribution in [0.3, 0.4) is 0 Å². The van der Waals surface area contributed by atoms with Gasteiger partial charge in [0, 0.05) is 31.5 Å². The van der Waals surface area contributed by atoms with E-state index in [1.165, 1.54) is 37.1 Å². The highest BCUT2D eigenvalue weighted by Crippen LogP contribution is 2.13. The average molecular weight is 277 g/mol. The van der Waals surface area contributed by atoms with E-state index in [0.29, 0.717) is 5.56 Å². The van der Waals surface area contributed by atoms with Gasteiger partial charge in [-0.05, 0) is 37.1 Å². The Morgan fingerprint density at radius 2 is 1.55 bits per heavy atom. The van der Waals surface area contributed by atoms with Gasteiger partial charge >= 0.3 is 0 Å². The van der Waals surface area contributed by atoms with Crippen molar-refractivity contribution in [3.8, 4) is 0 Å². The SMILES string of the molecule is O=C(CCC(=O)N1CCCCCC1)c1ccc(F)cc1. The lowest BCUT2D eigenvalue weighted by atomic mass is 10.1. The lowest BCUT2D eigenvalue weighted by Crippen LogP contribution is -2.32. The number of carbonyl (C=O) groups excluding carboxylic acids is 2. The maximum atomic E-state index is 12.8. The third kappa shape index (κ3) is 4.15. The van der Waals surface area contributed by atoms with Crippen LogP contribution in [0.15, 0.2) is 24.3 Å². The Hall–Kier alpha value is -1.71. The molecule has 1 aliphatic rings. The summed E-state index contributed by atoms with van der Waals surface area (Å²) >= 11 is 0. The first-order valence-electron chi connectivity index (χ1n) is 7.23. The van der Waals surface area contributed by atoms with Crippen molar-refractivity contribution in [1.29, 1.82) is 0 Å². The largest absolute Gasteiger partial charge is 0.343 e. The maximum Gasteiger partial charge on any atom is 0.223 e. The Kier molecular flexibility index (Phi) is 5.27. The minimum absolute atomic E-state index is 0.0577. The molecule has 1 aliphatic heterocycles. The predicted molar refractivity (Wildman–Crippen MR) is 75.0 cm³/mol. The molecule has 20 heavy (non-hydrogen) atoms. The van der Waals surface area contributed by atoms with E-state index in [0.717, 1.165) is 25.9 Å². The van der Waals surface area contributed by atoms with Crippen LogP contribution in [0.4, 0.5) is 4.39 Å². The number of hydrogen-bond acceptors (Lipinski definition) is 2. The molecule has 0 aliphatic carbocycles. The van der Waals surface area contributed by atoms with Crippen LogP contribution in [0, 0.1) is 5.82 Å². The first-order valence-corrected chi connectivity index (χ1v) is 7.23. The van der Waals surface area contributed by atoms with Gasteiger partial charge in [-0.2, -0.15) is 0 Å². The quantitative estimate of drug-likeness (QED) is 0.793. The molecule has 3 nitrogen and oxygen atoms in total. The topological polar surface area (TPSA) is 37.4 Å². The molecule has 1 amide bonds. The summed E-state index contributed by atoms with van der Waals surface area (Å²) < 4.78 is 12.8. The second kappa shape index (κ2) is 7.17. The minimum Gasteiger partial charge on any atom is -0.343 e. The number of carbonyl (C=O) groups is 2. The van der Waals surface area contributed by atoms with Crippen molar-refractivity contribution in [3.63, 3.8) is 0 Å². The lowest BCUT2D eigenvalue weighted by Gasteiger charge is -2.19. The summed E-state index contributed by atoms with van der Waals surface area (Å²) in [6, 6.07) is 5.47. The molecule has 1 aromatic rings. The Morgan fingerprint density at radius 3 is 2.15 bits per heavy atom. The molecule has 1 saturated heterocycles. The van der Waals surface area contributed by atoms with E-state index < -0.39 is 0 Å². The second-order valence-electron chi connectivity index (χ2n) is 5.23. The van der Waals surface area contributed by atoms with Gasteiger partial charge in [-0.1, -0.05) is 12.8 Å². The molecule has 0 radical (unpaired) electrons. The van der Waals surface area contributed by atoms with Crippen LogP contribution < -0.4 is 0 Å². The Labute approximate surface area is 118 Å². The monoisotopic (exact) mass is 277 g/mol. The Balaban J connectivity index is 1.83. The number of hydrogen-bond donors (Lipinski definition) is 0. The van der Waals surface area contributed by atoms with Crippen LogP contribution >= 0.6 is 0 Å². The highest BCUT2D eigenvalue weighted by Gasteiger charge is 2.17. The minimum atomic E-state index is -0.359. The van der Waals surface area contributed by atoms with Gasteiger partial charge in [-0.15, -0.1) is 0 Å². The van der Waals surface area contributed by atoms with Gasteiger partial charge in [0.05, 0.1) is 0 Å². The van der Waals surface area contributed by atoms with Crippen molar-refractivity contribution in [2.45, 2.75) is 38.5 Å². The molecule has 0 spiro atoms. The van der Waals surface area contributed by atoms with Gasteiger partial charge in [-0.3, -0.25) is 9.59 Å². The Bertz CT molecular complexity index is 462. The standard InChI is InChI=1S/C16H20FNO2/c17-14-7-5-13(6-8-14)15(19)9-10-16(20)18-11-3-1-2-4-12-18/h5-8H,1-4,9-12H2. The molecule has 0 bridgehead atoms. The van der Waals surface area contributed by atoms with E-state index in [4.69, 9.17) is 0 Å². The zero-order valence-corrected chi connectivity index (χ0v) is 11.6. The first kappa shape index (κ1) is 14.7. The maximum absolute atomic E-state index is 12.8. The van der Waals surface area contributed by atoms with Gasteiger partial charge in [-0.25, -0.2) is 4.39 Å². The smallest absolute Gasteiger partial charge is 0.223 e. The van der Waals surface area contributed by atoms with Gasteiger partial charge in [0.25, 0.3) is 0 Å². The zero-order valence-electron chi connectivity index (χ0n) is 11.6. The van der Waals surface area contributed by atoms with Crippen molar-refractivity contribution in [2.75, 3.05) is 13.1 Å². The van der Waals surface area contributed by atoms with Crippen molar-refractivity contribution in [1.82, 2.24) is 4.90 Å². The van der Waals surface area contributed by atoms with Crippen LogP contribution in [-0.2, 0) is 4.79 Å². The second-order valence-corrected chi connectivity index (χ2v) is 5.23. The number of rotatable bonds is 4. The molecular formula is C16H20FNO2. The van der Waals surface area contributed by atoms with Crippen LogP contribution in [0.5, 0.6) is 0 Å². The van der Waals surface area contributed by atoms with Crippen LogP contribution in [0.2, 0.25) is 0 Å². The highest BCUT2D eigenvalue weighted by molar-refractivity contribution is 5.97. The summed E-state index contributed by atoms with van der Waals surface area (Å²) in [5.74, 6) is -0.405. The van der Waals surface area contributed by atoms with Crippen molar-refractivity contribution in [3.05, 3.63) is 35.6 Å². The van der Waals surface area contributed by atoms with E-state index in [9.17, 15) is 14.0 Å². The van der Waals surface area contributed by atoms with Crippen LogP contribution in [-0.4, -0.2) is 29.7 Å². The van der Waals surface area contributed by atoms with Gasteiger partial charge < -0.3 is 4.90 Å². The molecular weight excluding hydrogens is 257 g/mol. The van der Waals surface area contributed by atoms with Crippen molar-refractivity contribution in [2.24, 2.45) is 0 Å². The molecule has 0 saturated carbocycles. The molecule has 1 aromatic carbocycles. The summed E-state index contributed by atoms with van der Waals surface area (Å²) in [4.78, 5) is 25.8. The summed E-state index contributed by atoms with van der Waals surface area (Å²) in [5, 5.41) is 0. The molecule has 0 unspecified atom stereocenters. The molecule has 2 rings (SSSR count). The van der Waals surface area contributed by atoms with Gasteiger partial charge in [0.1, 0.15) is 5.82 Å². The molecule has 0 N–H and O–H groups in total. The van der Waals surface area contributed by atoms with Crippen molar-refractivity contribution < 1.29 is 14.0 Å². The number of halogens is 1. The van der Waals surface area contributed by atoms with E-state index in [2.05, 4.69) is 0 Å². The number of ketones is 1. The molecule has 4 heteroatoms. The average Bonchev–Trinajstić information content (AvgIpc) is 2.74. The van der Waals surface area contributed by atoms with E-state index in [-0.39, 0.29) is 30.3 Å². The molecule has 1 fully saturated rings. The van der Waals surface area contributed by atoms with Crippen molar-refractivity contribution >= 4 is 11.7 Å². The van der Waals surface area contributed by atoms with Crippen LogP contribution in [0.1, 0.15) is 48.9 Å². The first-order chi connectivity index (χ1) is 9.66. The number of nitrogens with zero attached hydrogens (tertiary/aromatic N) is 1. The molecule has 108 valence electrons. The normalized spacial score (nSPS) is 15.8. The predicted octanol–water partition coefficient (Wildman–Crippen LogP) is 3.19.